The van der Waals surface area contributed by atoms with E-state index < -0.39 is 18.4 Å². The summed E-state index contributed by atoms with van der Waals surface area (Å²) in [6.45, 7) is 3.13. The molecule has 1 aliphatic rings. The molecule has 1 amide bonds. The number of nitrogens with zero attached hydrogens (tertiary/aromatic N) is 2. The highest BCUT2D eigenvalue weighted by atomic mass is 19.3. The van der Waals surface area contributed by atoms with E-state index in [-0.39, 0.29) is 18.7 Å². The highest BCUT2D eigenvalue weighted by Gasteiger charge is 2.41. The zero-order valence-electron chi connectivity index (χ0n) is 9.18. The summed E-state index contributed by atoms with van der Waals surface area (Å²) in [6.07, 6.45) is -0.263. The maximum absolute atomic E-state index is 13.0. The number of aryl methyl sites for hydroxylation is 1. The topological polar surface area (TPSA) is 49.0 Å². The van der Waals surface area contributed by atoms with Crippen LogP contribution in [-0.2, 0) is 0 Å². The monoisotopic (exact) mass is 229 g/mol. The summed E-state index contributed by atoms with van der Waals surface area (Å²) in [4.78, 5) is 13.0. The first-order chi connectivity index (χ1) is 7.41. The molecule has 1 fully saturated rings. The van der Waals surface area contributed by atoms with Crippen molar-refractivity contribution in [2.75, 3.05) is 13.1 Å². The molecular formula is C10H13F2N3O. The minimum absolute atomic E-state index is 0.0944. The predicted molar refractivity (Wildman–Crippen MR) is 53.5 cm³/mol. The fourth-order valence-corrected chi connectivity index (χ4v) is 1.75. The van der Waals surface area contributed by atoms with E-state index in [0.29, 0.717) is 0 Å². The number of hydrogen-bond acceptors (Lipinski definition) is 2. The molecule has 0 radical (unpaired) electrons. The third-order valence-corrected chi connectivity index (χ3v) is 2.91. The molecule has 0 saturated carbocycles. The van der Waals surface area contributed by atoms with Crippen LogP contribution in [-0.4, -0.2) is 40.0 Å². The summed E-state index contributed by atoms with van der Waals surface area (Å²) < 4.78 is 25.9. The lowest BCUT2D eigenvalue weighted by Gasteiger charge is -2.14. The first-order valence-electron chi connectivity index (χ1n) is 5.09. The lowest BCUT2D eigenvalue weighted by atomic mass is 10.2. The summed E-state index contributed by atoms with van der Waals surface area (Å²) in [7, 11) is 0. The average molecular weight is 229 g/mol. The van der Waals surface area contributed by atoms with Crippen LogP contribution in [0.5, 0.6) is 0 Å². The van der Waals surface area contributed by atoms with Gasteiger partial charge in [-0.3, -0.25) is 9.89 Å². The van der Waals surface area contributed by atoms with E-state index in [1.807, 2.05) is 0 Å². The molecule has 6 heteroatoms. The number of aromatic amines is 1. The number of likely N-dealkylation sites (tertiary alicyclic amines) is 1. The largest absolute Gasteiger partial charge is 0.331 e. The molecular weight excluding hydrogens is 216 g/mol. The van der Waals surface area contributed by atoms with Gasteiger partial charge >= 0.3 is 0 Å². The number of carbonyl (C=O) groups is 1. The molecule has 1 N–H and O–H groups in total. The SMILES string of the molecule is Cc1[nH]nc(C(=O)N2CCC(F)(F)C2)c1C. The molecule has 1 aromatic rings. The number of rotatable bonds is 1. The number of nitrogens with one attached hydrogen (secondary N) is 1. The molecule has 0 aromatic carbocycles. The molecule has 1 aromatic heterocycles. The fourth-order valence-electron chi connectivity index (χ4n) is 1.75. The Balaban J connectivity index is 2.18. The van der Waals surface area contributed by atoms with Crippen LogP contribution >= 0.6 is 0 Å². The van der Waals surface area contributed by atoms with E-state index in [1.165, 1.54) is 0 Å². The Morgan fingerprint density at radius 3 is 2.62 bits per heavy atom. The van der Waals surface area contributed by atoms with Gasteiger partial charge in [0.1, 0.15) is 0 Å². The molecule has 4 nitrogen and oxygen atoms in total. The van der Waals surface area contributed by atoms with Gasteiger partial charge in [0.05, 0.1) is 6.54 Å². The Bertz CT molecular complexity index is 428. The van der Waals surface area contributed by atoms with Crippen molar-refractivity contribution < 1.29 is 13.6 Å². The smallest absolute Gasteiger partial charge is 0.274 e. The summed E-state index contributed by atoms with van der Waals surface area (Å²) in [5.41, 5.74) is 1.75. The average Bonchev–Trinajstić information content (AvgIpc) is 2.71. The van der Waals surface area contributed by atoms with Gasteiger partial charge in [0.25, 0.3) is 11.8 Å². The molecule has 0 aliphatic carbocycles. The number of halogens is 2. The summed E-state index contributed by atoms with van der Waals surface area (Å²) >= 11 is 0. The van der Waals surface area contributed by atoms with E-state index in [9.17, 15) is 13.6 Å². The van der Waals surface area contributed by atoms with E-state index in [1.54, 1.807) is 13.8 Å². The molecule has 2 heterocycles. The fraction of sp³-hybridized carbons (Fsp3) is 0.600. The highest BCUT2D eigenvalue weighted by Crippen LogP contribution is 2.28. The van der Waals surface area contributed by atoms with Crippen molar-refractivity contribution in [1.29, 1.82) is 0 Å². The molecule has 2 rings (SSSR count). The minimum Gasteiger partial charge on any atom is -0.331 e. The van der Waals surface area contributed by atoms with Gasteiger partial charge in [0.2, 0.25) is 0 Å². The zero-order chi connectivity index (χ0) is 11.9. The van der Waals surface area contributed by atoms with Crippen LogP contribution < -0.4 is 0 Å². The summed E-state index contributed by atoms with van der Waals surface area (Å²) in [6, 6.07) is 0. The Hall–Kier alpha value is -1.46. The maximum atomic E-state index is 13.0. The number of carbonyl (C=O) groups excluding carboxylic acids is 1. The lowest BCUT2D eigenvalue weighted by molar-refractivity contribution is 0.0119. The molecule has 16 heavy (non-hydrogen) atoms. The van der Waals surface area contributed by atoms with Crippen LogP contribution in [0.3, 0.4) is 0 Å². The molecule has 88 valence electrons. The second kappa shape index (κ2) is 3.54. The first-order valence-corrected chi connectivity index (χ1v) is 5.09. The molecule has 1 saturated heterocycles. The van der Waals surface area contributed by atoms with Crippen molar-refractivity contribution in [3.63, 3.8) is 0 Å². The van der Waals surface area contributed by atoms with Crippen molar-refractivity contribution in [3.05, 3.63) is 17.0 Å². The molecule has 0 unspecified atom stereocenters. The van der Waals surface area contributed by atoms with Gasteiger partial charge in [0, 0.05) is 24.2 Å². The van der Waals surface area contributed by atoms with Crippen LogP contribution in [0.2, 0.25) is 0 Å². The van der Waals surface area contributed by atoms with Gasteiger partial charge in [0.15, 0.2) is 5.69 Å². The summed E-state index contributed by atoms with van der Waals surface area (Å²) in [5.74, 6) is -3.17. The second-order valence-corrected chi connectivity index (χ2v) is 4.15. The molecule has 0 atom stereocenters. The van der Waals surface area contributed by atoms with Gasteiger partial charge in [-0.05, 0) is 13.8 Å². The molecule has 0 bridgehead atoms. The third-order valence-electron chi connectivity index (χ3n) is 2.91. The standard InChI is InChI=1S/C10H13F2N3O/c1-6-7(2)13-14-8(6)9(16)15-4-3-10(11,12)5-15/h3-5H2,1-2H3,(H,13,14). The van der Waals surface area contributed by atoms with E-state index in [2.05, 4.69) is 10.2 Å². The van der Waals surface area contributed by atoms with Crippen molar-refractivity contribution in [2.24, 2.45) is 0 Å². The quantitative estimate of drug-likeness (QED) is 0.793. The number of hydrogen-bond donors (Lipinski definition) is 1. The molecule has 0 spiro atoms. The number of aromatic nitrogens is 2. The number of alkyl halides is 2. The number of amides is 1. The van der Waals surface area contributed by atoms with Crippen LogP contribution in [0.1, 0.15) is 28.2 Å². The Morgan fingerprint density at radius 1 is 1.50 bits per heavy atom. The summed E-state index contributed by atoms with van der Waals surface area (Å²) in [5, 5.41) is 6.52. The Labute approximate surface area is 91.6 Å². The van der Waals surface area contributed by atoms with Crippen LogP contribution in [0.25, 0.3) is 0 Å². The highest BCUT2D eigenvalue weighted by molar-refractivity contribution is 5.94. The van der Waals surface area contributed by atoms with Crippen molar-refractivity contribution >= 4 is 5.91 Å². The lowest BCUT2D eigenvalue weighted by Crippen LogP contribution is -2.32. The van der Waals surface area contributed by atoms with E-state index in [0.717, 1.165) is 16.2 Å². The predicted octanol–water partition coefficient (Wildman–Crippen LogP) is 1.51. The van der Waals surface area contributed by atoms with Crippen LogP contribution in [0.15, 0.2) is 0 Å². The first kappa shape index (κ1) is 11.0. The van der Waals surface area contributed by atoms with Crippen molar-refractivity contribution in [3.8, 4) is 0 Å². The Morgan fingerprint density at radius 2 is 2.19 bits per heavy atom. The van der Waals surface area contributed by atoms with Gasteiger partial charge in [-0.1, -0.05) is 0 Å². The van der Waals surface area contributed by atoms with Crippen molar-refractivity contribution in [2.45, 2.75) is 26.2 Å². The van der Waals surface area contributed by atoms with E-state index >= 15 is 0 Å². The van der Waals surface area contributed by atoms with Gasteiger partial charge in [-0.25, -0.2) is 8.78 Å². The second-order valence-electron chi connectivity index (χ2n) is 4.15. The maximum Gasteiger partial charge on any atom is 0.274 e. The van der Waals surface area contributed by atoms with E-state index in [4.69, 9.17) is 0 Å². The normalized spacial score (nSPS) is 19.1. The number of H-pyrrole nitrogens is 1. The van der Waals surface area contributed by atoms with Gasteiger partial charge in [-0.2, -0.15) is 5.10 Å². The van der Waals surface area contributed by atoms with Crippen molar-refractivity contribution in [1.82, 2.24) is 15.1 Å². The Kier molecular flexibility index (Phi) is 2.44. The minimum atomic E-state index is -2.76. The van der Waals surface area contributed by atoms with Crippen LogP contribution in [0, 0.1) is 13.8 Å². The van der Waals surface area contributed by atoms with Gasteiger partial charge in [-0.15, -0.1) is 0 Å². The van der Waals surface area contributed by atoms with Gasteiger partial charge < -0.3 is 4.90 Å². The van der Waals surface area contributed by atoms with Crippen LogP contribution in [0.4, 0.5) is 8.78 Å². The zero-order valence-corrected chi connectivity index (χ0v) is 9.18. The molecule has 1 aliphatic heterocycles. The third kappa shape index (κ3) is 1.79.